The molecule has 1 aliphatic heterocycles. The van der Waals surface area contributed by atoms with Gasteiger partial charge in [0, 0.05) is 12.1 Å². The number of nitrogens with two attached hydrogens (primary N) is 1. The van der Waals surface area contributed by atoms with Crippen molar-refractivity contribution < 1.29 is 0 Å². The monoisotopic (exact) mass is 274 g/mol. The molecule has 2 heteroatoms. The molecule has 2 atom stereocenters. The molecule has 2 N–H and O–H groups in total. The average molecular weight is 274 g/mol. The van der Waals surface area contributed by atoms with E-state index in [1.54, 1.807) is 0 Å². The largest absolute Gasteiger partial charge is 0.323 e. The van der Waals surface area contributed by atoms with Crippen molar-refractivity contribution in [2.24, 2.45) is 11.1 Å². The van der Waals surface area contributed by atoms with E-state index in [1.807, 2.05) is 0 Å². The molecule has 0 saturated carbocycles. The number of nitrogens with zero attached hydrogens (tertiary/aromatic N) is 1. The van der Waals surface area contributed by atoms with Gasteiger partial charge in [0.15, 0.2) is 0 Å². The smallest absolute Gasteiger partial charge is 0.0453 e. The molecule has 0 amide bonds. The van der Waals surface area contributed by atoms with Crippen LogP contribution in [-0.4, -0.2) is 24.0 Å². The van der Waals surface area contributed by atoms with Gasteiger partial charge >= 0.3 is 0 Å². The molecule has 1 aliphatic rings. The molecular weight excluding hydrogens is 244 g/mol. The van der Waals surface area contributed by atoms with Crippen LogP contribution < -0.4 is 5.73 Å². The van der Waals surface area contributed by atoms with Gasteiger partial charge in [-0.3, -0.25) is 4.90 Å². The molecule has 0 aliphatic carbocycles. The number of hydrogen-bond acceptors (Lipinski definition) is 2. The topological polar surface area (TPSA) is 29.3 Å². The van der Waals surface area contributed by atoms with Gasteiger partial charge in [0.1, 0.15) is 0 Å². The number of hydrogen-bond donors (Lipinski definition) is 1. The second-order valence-corrected chi connectivity index (χ2v) is 6.97. The zero-order valence-electron chi connectivity index (χ0n) is 13.3. The van der Waals surface area contributed by atoms with E-state index in [2.05, 4.69) is 56.0 Å². The molecule has 1 aromatic carbocycles. The van der Waals surface area contributed by atoms with Gasteiger partial charge in [0.2, 0.25) is 0 Å². The molecule has 1 fully saturated rings. The Bertz CT molecular complexity index is 399. The molecular formula is C18H30N2. The lowest BCUT2D eigenvalue weighted by atomic mass is 9.85. The first-order valence-electron chi connectivity index (χ1n) is 8.08. The Morgan fingerprint density at radius 1 is 1.15 bits per heavy atom. The summed E-state index contributed by atoms with van der Waals surface area (Å²) < 4.78 is 0. The maximum absolute atomic E-state index is 6.56. The van der Waals surface area contributed by atoms with Gasteiger partial charge in [0.25, 0.3) is 0 Å². The third-order valence-electron chi connectivity index (χ3n) is 4.86. The van der Waals surface area contributed by atoms with E-state index in [4.69, 9.17) is 5.73 Å². The zero-order chi connectivity index (χ0) is 14.6. The molecule has 0 aromatic heterocycles. The van der Waals surface area contributed by atoms with Gasteiger partial charge in [-0.2, -0.15) is 0 Å². The fraction of sp³-hybridized carbons (Fsp3) is 0.667. The van der Waals surface area contributed by atoms with Crippen LogP contribution in [0.4, 0.5) is 0 Å². The van der Waals surface area contributed by atoms with Crippen LogP contribution in [0, 0.1) is 5.41 Å². The van der Waals surface area contributed by atoms with Crippen LogP contribution in [0.3, 0.4) is 0 Å². The molecule has 20 heavy (non-hydrogen) atoms. The minimum atomic E-state index is 0.127. The molecule has 2 unspecified atom stereocenters. The van der Waals surface area contributed by atoms with Gasteiger partial charge < -0.3 is 5.73 Å². The minimum absolute atomic E-state index is 0.127. The van der Waals surface area contributed by atoms with E-state index in [0.717, 1.165) is 6.42 Å². The Balaban J connectivity index is 2.08. The van der Waals surface area contributed by atoms with Gasteiger partial charge in [0.05, 0.1) is 0 Å². The molecule has 112 valence electrons. The Labute approximate surface area is 124 Å². The predicted molar refractivity (Wildman–Crippen MR) is 86.7 cm³/mol. The Kier molecular flexibility index (Phi) is 5.22. The fourth-order valence-electron chi connectivity index (χ4n) is 3.41. The highest BCUT2D eigenvalue weighted by molar-refractivity contribution is 5.20. The molecule has 0 radical (unpaired) electrons. The van der Waals surface area contributed by atoms with E-state index in [1.165, 1.54) is 37.9 Å². The van der Waals surface area contributed by atoms with Crippen LogP contribution in [0.25, 0.3) is 0 Å². The third-order valence-corrected chi connectivity index (χ3v) is 4.86. The Morgan fingerprint density at radius 2 is 1.85 bits per heavy atom. The summed E-state index contributed by atoms with van der Waals surface area (Å²) in [5.41, 5.74) is 8.31. The lowest BCUT2D eigenvalue weighted by Crippen LogP contribution is -2.43. The number of benzene rings is 1. The van der Waals surface area contributed by atoms with Crippen molar-refractivity contribution >= 4 is 0 Å². The van der Waals surface area contributed by atoms with E-state index >= 15 is 0 Å². The van der Waals surface area contributed by atoms with Crippen molar-refractivity contribution in [3.8, 4) is 0 Å². The highest BCUT2D eigenvalue weighted by atomic mass is 15.2. The van der Waals surface area contributed by atoms with Crippen molar-refractivity contribution in [1.82, 2.24) is 4.90 Å². The van der Waals surface area contributed by atoms with E-state index in [9.17, 15) is 0 Å². The normalized spacial score (nSPS) is 23.0. The van der Waals surface area contributed by atoms with Crippen molar-refractivity contribution in [3.63, 3.8) is 0 Å². The van der Waals surface area contributed by atoms with Crippen molar-refractivity contribution in [1.29, 1.82) is 0 Å². The second kappa shape index (κ2) is 6.73. The summed E-state index contributed by atoms with van der Waals surface area (Å²) in [7, 11) is 0. The summed E-state index contributed by atoms with van der Waals surface area (Å²) in [5.74, 6) is 0. The molecule has 1 saturated heterocycles. The first-order chi connectivity index (χ1) is 9.53. The summed E-state index contributed by atoms with van der Waals surface area (Å²) in [6.45, 7) is 9.45. The fourth-order valence-corrected chi connectivity index (χ4v) is 3.41. The first kappa shape index (κ1) is 15.5. The van der Waals surface area contributed by atoms with Gasteiger partial charge in [-0.15, -0.1) is 0 Å². The molecule has 1 aromatic rings. The number of rotatable bonds is 4. The summed E-state index contributed by atoms with van der Waals surface area (Å²) >= 11 is 0. The SMILES string of the molecule is CCC(C(N)c1ccccc1)N1CCCC(C)(C)CC1. The van der Waals surface area contributed by atoms with Crippen LogP contribution in [0.5, 0.6) is 0 Å². The minimum Gasteiger partial charge on any atom is -0.323 e. The van der Waals surface area contributed by atoms with Gasteiger partial charge in [-0.05, 0) is 49.8 Å². The van der Waals surface area contributed by atoms with Crippen molar-refractivity contribution in [2.75, 3.05) is 13.1 Å². The van der Waals surface area contributed by atoms with Crippen LogP contribution in [0.2, 0.25) is 0 Å². The lowest BCUT2D eigenvalue weighted by Gasteiger charge is -2.35. The van der Waals surface area contributed by atoms with Gasteiger partial charge in [-0.25, -0.2) is 0 Å². The maximum Gasteiger partial charge on any atom is 0.0453 e. The van der Waals surface area contributed by atoms with Crippen molar-refractivity contribution in [2.45, 2.75) is 58.5 Å². The van der Waals surface area contributed by atoms with E-state index in [-0.39, 0.29) is 6.04 Å². The quantitative estimate of drug-likeness (QED) is 0.900. The Morgan fingerprint density at radius 3 is 2.50 bits per heavy atom. The third kappa shape index (κ3) is 3.83. The van der Waals surface area contributed by atoms with Crippen LogP contribution in [0.1, 0.15) is 58.1 Å². The lowest BCUT2D eigenvalue weighted by molar-refractivity contribution is 0.165. The molecule has 2 nitrogen and oxygen atoms in total. The highest BCUT2D eigenvalue weighted by Gasteiger charge is 2.29. The average Bonchev–Trinajstić information content (AvgIpc) is 2.62. The van der Waals surface area contributed by atoms with E-state index in [0.29, 0.717) is 11.5 Å². The summed E-state index contributed by atoms with van der Waals surface area (Å²) in [6.07, 6.45) is 5.03. The molecule has 2 rings (SSSR count). The first-order valence-corrected chi connectivity index (χ1v) is 8.08. The zero-order valence-corrected chi connectivity index (χ0v) is 13.3. The maximum atomic E-state index is 6.56. The molecule has 1 heterocycles. The van der Waals surface area contributed by atoms with Gasteiger partial charge in [-0.1, -0.05) is 51.1 Å². The standard InChI is InChI=1S/C18H30N2/c1-4-16(17(19)15-9-6-5-7-10-15)20-13-8-11-18(2,3)12-14-20/h5-7,9-10,16-17H,4,8,11-14,19H2,1-3H3. The summed E-state index contributed by atoms with van der Waals surface area (Å²) in [4.78, 5) is 2.63. The summed E-state index contributed by atoms with van der Waals surface area (Å²) in [6, 6.07) is 11.2. The summed E-state index contributed by atoms with van der Waals surface area (Å²) in [5, 5.41) is 0. The molecule has 0 spiro atoms. The predicted octanol–water partition coefficient (Wildman–Crippen LogP) is 3.98. The van der Waals surface area contributed by atoms with Crippen LogP contribution in [0.15, 0.2) is 30.3 Å². The second-order valence-electron chi connectivity index (χ2n) is 6.97. The van der Waals surface area contributed by atoms with E-state index < -0.39 is 0 Å². The van der Waals surface area contributed by atoms with Crippen LogP contribution >= 0.6 is 0 Å². The Hall–Kier alpha value is -0.860. The molecule has 0 bridgehead atoms. The van der Waals surface area contributed by atoms with Crippen molar-refractivity contribution in [3.05, 3.63) is 35.9 Å². The van der Waals surface area contributed by atoms with Crippen LogP contribution in [-0.2, 0) is 0 Å². The number of likely N-dealkylation sites (tertiary alicyclic amines) is 1. The highest BCUT2D eigenvalue weighted by Crippen LogP contribution is 2.32.